The maximum absolute atomic E-state index is 13.2. The molecule has 1 saturated heterocycles. The van der Waals surface area contributed by atoms with Crippen molar-refractivity contribution in [1.29, 1.82) is 0 Å². The van der Waals surface area contributed by atoms with Crippen LogP contribution in [0.25, 0.3) is 0 Å². The van der Waals surface area contributed by atoms with E-state index in [1.54, 1.807) is 31.4 Å². The molecule has 1 aliphatic heterocycles. The summed E-state index contributed by atoms with van der Waals surface area (Å²) in [5.74, 6) is -1.64. The van der Waals surface area contributed by atoms with Gasteiger partial charge in [0.15, 0.2) is 0 Å². The van der Waals surface area contributed by atoms with Crippen LogP contribution >= 0.6 is 0 Å². The Morgan fingerprint density at radius 3 is 2.36 bits per heavy atom. The molecule has 6 heteroatoms. The molecule has 25 heavy (non-hydrogen) atoms. The van der Waals surface area contributed by atoms with Crippen molar-refractivity contribution in [2.75, 3.05) is 12.0 Å². The fourth-order valence-electron chi connectivity index (χ4n) is 3.24. The first-order valence-corrected chi connectivity index (χ1v) is 7.95. The molecule has 3 rings (SSSR count). The lowest BCUT2D eigenvalue weighted by atomic mass is 9.84. The predicted molar refractivity (Wildman–Crippen MR) is 90.0 cm³/mol. The third kappa shape index (κ3) is 3.33. The Morgan fingerprint density at radius 1 is 1.16 bits per heavy atom. The number of carboxylic acids is 1. The lowest BCUT2D eigenvalue weighted by Crippen LogP contribution is -2.45. The third-order valence-electron chi connectivity index (χ3n) is 4.48. The van der Waals surface area contributed by atoms with Crippen LogP contribution in [0.3, 0.4) is 0 Å². The topological polar surface area (TPSA) is 66.8 Å². The molecule has 2 aromatic rings. The second kappa shape index (κ2) is 6.93. The minimum atomic E-state index is -0.958. The molecule has 130 valence electrons. The van der Waals surface area contributed by atoms with Crippen LogP contribution in [-0.2, 0) is 9.59 Å². The second-order valence-electron chi connectivity index (χ2n) is 5.94. The third-order valence-corrected chi connectivity index (χ3v) is 4.48. The van der Waals surface area contributed by atoms with E-state index in [1.165, 1.54) is 29.2 Å². The van der Waals surface area contributed by atoms with Gasteiger partial charge in [-0.05, 0) is 48.4 Å². The van der Waals surface area contributed by atoms with Crippen molar-refractivity contribution >= 4 is 17.6 Å². The molecule has 1 N–H and O–H groups in total. The highest BCUT2D eigenvalue weighted by Crippen LogP contribution is 2.40. The highest BCUT2D eigenvalue weighted by atomic mass is 19.1. The van der Waals surface area contributed by atoms with Crippen LogP contribution in [0.1, 0.15) is 24.4 Å². The molecule has 0 aliphatic carbocycles. The summed E-state index contributed by atoms with van der Waals surface area (Å²) in [5.41, 5.74) is 1.18. The summed E-state index contributed by atoms with van der Waals surface area (Å²) in [5, 5.41) is 9.64. The van der Waals surface area contributed by atoms with Crippen LogP contribution < -0.4 is 9.64 Å². The summed E-state index contributed by atoms with van der Waals surface area (Å²) in [4.78, 5) is 25.8. The Labute approximate surface area is 144 Å². The highest BCUT2D eigenvalue weighted by molar-refractivity contribution is 5.96. The van der Waals surface area contributed by atoms with Crippen molar-refractivity contribution in [2.45, 2.75) is 18.9 Å². The number of ether oxygens (including phenoxy) is 1. The van der Waals surface area contributed by atoms with Crippen molar-refractivity contribution < 1.29 is 23.8 Å². The molecular weight excluding hydrogens is 325 g/mol. The molecule has 0 radical (unpaired) electrons. The zero-order valence-electron chi connectivity index (χ0n) is 13.7. The lowest BCUT2D eigenvalue weighted by Gasteiger charge is -2.39. The van der Waals surface area contributed by atoms with E-state index in [2.05, 4.69) is 0 Å². The van der Waals surface area contributed by atoms with Crippen molar-refractivity contribution in [3.05, 3.63) is 59.9 Å². The Balaban J connectivity index is 2.07. The van der Waals surface area contributed by atoms with Gasteiger partial charge >= 0.3 is 5.97 Å². The van der Waals surface area contributed by atoms with E-state index >= 15 is 0 Å². The lowest BCUT2D eigenvalue weighted by molar-refractivity contribution is -0.144. The summed E-state index contributed by atoms with van der Waals surface area (Å²) in [6, 6.07) is 11.8. The van der Waals surface area contributed by atoms with Crippen LogP contribution in [0.5, 0.6) is 5.75 Å². The van der Waals surface area contributed by atoms with Gasteiger partial charge < -0.3 is 14.7 Å². The number of nitrogens with zero attached hydrogens (tertiary/aromatic N) is 1. The highest BCUT2D eigenvalue weighted by Gasteiger charge is 2.41. The van der Waals surface area contributed by atoms with Gasteiger partial charge in [-0.25, -0.2) is 4.39 Å². The first-order chi connectivity index (χ1) is 12.0. The van der Waals surface area contributed by atoms with E-state index in [9.17, 15) is 19.1 Å². The number of piperidine rings is 1. The molecular formula is C19H18FNO4. The van der Waals surface area contributed by atoms with E-state index in [-0.39, 0.29) is 18.7 Å². The van der Waals surface area contributed by atoms with Gasteiger partial charge in [0.1, 0.15) is 11.6 Å². The number of benzene rings is 2. The van der Waals surface area contributed by atoms with Crippen molar-refractivity contribution in [3.8, 4) is 5.75 Å². The summed E-state index contributed by atoms with van der Waals surface area (Å²) in [6.07, 6.45) is 0.406. The molecule has 2 aromatic carbocycles. The van der Waals surface area contributed by atoms with Crippen molar-refractivity contribution in [3.63, 3.8) is 0 Å². The van der Waals surface area contributed by atoms with Crippen LogP contribution in [0.15, 0.2) is 48.5 Å². The predicted octanol–water partition coefficient (Wildman–Crippen LogP) is 3.40. The smallest absolute Gasteiger partial charge is 0.308 e. The molecule has 1 aliphatic rings. The number of carbonyl (C=O) groups is 2. The first-order valence-electron chi connectivity index (χ1n) is 7.95. The van der Waals surface area contributed by atoms with E-state index in [4.69, 9.17) is 4.74 Å². The number of anilines is 1. The first kappa shape index (κ1) is 17.0. The van der Waals surface area contributed by atoms with E-state index in [0.717, 1.165) is 0 Å². The van der Waals surface area contributed by atoms with Gasteiger partial charge in [-0.2, -0.15) is 0 Å². The number of hydrogen-bond donors (Lipinski definition) is 1. The Hall–Kier alpha value is -2.89. The fraction of sp³-hybridized carbons (Fsp3) is 0.263. The number of halogens is 1. The zero-order valence-corrected chi connectivity index (χ0v) is 13.7. The molecule has 0 saturated carbocycles. The molecule has 0 bridgehead atoms. The van der Waals surface area contributed by atoms with E-state index in [1.807, 2.05) is 0 Å². The number of carboxylic acid groups (broad SMARTS) is 1. The van der Waals surface area contributed by atoms with E-state index < -0.39 is 23.7 Å². The van der Waals surface area contributed by atoms with Crippen molar-refractivity contribution in [2.24, 2.45) is 5.92 Å². The maximum atomic E-state index is 13.2. The molecule has 1 heterocycles. The SMILES string of the molecule is COc1ccc([C@@H]2[C@@H](C(=O)O)CCC(=O)N2c2ccc(F)cc2)cc1. The van der Waals surface area contributed by atoms with E-state index in [0.29, 0.717) is 17.0 Å². The maximum Gasteiger partial charge on any atom is 0.308 e. The quantitative estimate of drug-likeness (QED) is 0.924. The van der Waals surface area contributed by atoms with Gasteiger partial charge in [-0.3, -0.25) is 9.59 Å². The number of amides is 1. The van der Waals surface area contributed by atoms with Gasteiger partial charge in [0.2, 0.25) is 5.91 Å². The largest absolute Gasteiger partial charge is 0.497 e. The standard InChI is InChI=1S/C19H18FNO4/c1-25-15-8-2-12(3-9-15)18-16(19(23)24)10-11-17(22)21(18)14-6-4-13(20)5-7-14/h2-9,16,18H,10-11H2,1H3,(H,23,24)/t16-,18+/m0/s1. The van der Waals surface area contributed by atoms with Crippen LogP contribution in [0, 0.1) is 11.7 Å². The Morgan fingerprint density at radius 2 is 1.80 bits per heavy atom. The monoisotopic (exact) mass is 343 g/mol. The summed E-state index contributed by atoms with van der Waals surface area (Å²) < 4.78 is 18.4. The average Bonchev–Trinajstić information content (AvgIpc) is 2.62. The van der Waals surface area contributed by atoms with Gasteiger partial charge in [-0.1, -0.05) is 12.1 Å². The van der Waals surface area contributed by atoms with Gasteiger partial charge in [-0.15, -0.1) is 0 Å². The molecule has 0 spiro atoms. The molecule has 1 amide bonds. The number of rotatable bonds is 4. The van der Waals surface area contributed by atoms with Gasteiger partial charge in [0, 0.05) is 12.1 Å². The fourth-order valence-corrected chi connectivity index (χ4v) is 3.24. The molecule has 2 atom stereocenters. The summed E-state index contributed by atoms with van der Waals surface area (Å²) in [6.45, 7) is 0. The summed E-state index contributed by atoms with van der Waals surface area (Å²) >= 11 is 0. The minimum Gasteiger partial charge on any atom is -0.497 e. The zero-order chi connectivity index (χ0) is 18.0. The Bertz CT molecular complexity index is 773. The number of aliphatic carboxylic acids is 1. The molecule has 0 unspecified atom stereocenters. The van der Waals surface area contributed by atoms with Gasteiger partial charge in [0.05, 0.1) is 19.1 Å². The van der Waals surface area contributed by atoms with Crippen LogP contribution in [0.2, 0.25) is 0 Å². The van der Waals surface area contributed by atoms with Gasteiger partial charge in [0.25, 0.3) is 0 Å². The van der Waals surface area contributed by atoms with Crippen LogP contribution in [-0.4, -0.2) is 24.1 Å². The molecule has 1 fully saturated rings. The Kier molecular flexibility index (Phi) is 4.70. The number of carbonyl (C=O) groups excluding carboxylic acids is 1. The minimum absolute atomic E-state index is 0.140. The normalized spacial score (nSPS) is 20.4. The van der Waals surface area contributed by atoms with Crippen LogP contribution in [0.4, 0.5) is 10.1 Å². The number of methoxy groups -OCH3 is 1. The second-order valence-corrected chi connectivity index (χ2v) is 5.94. The molecule has 5 nitrogen and oxygen atoms in total. The average molecular weight is 343 g/mol. The van der Waals surface area contributed by atoms with Crippen molar-refractivity contribution in [1.82, 2.24) is 0 Å². The number of hydrogen-bond acceptors (Lipinski definition) is 3. The molecule has 0 aromatic heterocycles. The summed E-state index contributed by atoms with van der Waals surface area (Å²) in [7, 11) is 1.55.